The van der Waals surface area contributed by atoms with Crippen LogP contribution in [0.5, 0.6) is 0 Å². The van der Waals surface area contributed by atoms with Gasteiger partial charge in [-0.25, -0.2) is 17.4 Å². The molecule has 0 spiro atoms. The Morgan fingerprint density at radius 3 is 1.87 bits per heavy atom. The van der Waals surface area contributed by atoms with Crippen LogP contribution in [0.1, 0.15) is 59.9 Å². The van der Waals surface area contributed by atoms with Crippen molar-refractivity contribution in [2.45, 2.75) is 89.1 Å². The number of hydrogen-bond donors (Lipinski definition) is 0. The number of likely N-dealkylation sites (N-methyl/N-ethyl adjacent to an activating group) is 1. The van der Waals surface area contributed by atoms with Crippen molar-refractivity contribution in [2.75, 3.05) is 39.3 Å². The Bertz CT molecular complexity index is 2200. The van der Waals surface area contributed by atoms with Gasteiger partial charge in [0.15, 0.2) is 16.1 Å². The monoisotopic (exact) mass is 881 g/mol. The number of carbonyl (C=O) groups excluding carboxylic acids is 3. The number of rotatable bonds is 14. The highest BCUT2D eigenvalue weighted by atomic mass is 32.2. The maximum absolute atomic E-state index is 15.1. The zero-order valence-corrected chi connectivity index (χ0v) is 38.7. The summed E-state index contributed by atoms with van der Waals surface area (Å²) in [4.78, 5) is 46.5. The van der Waals surface area contributed by atoms with Gasteiger partial charge in [0, 0.05) is 32.8 Å². The van der Waals surface area contributed by atoms with Crippen molar-refractivity contribution < 1.29 is 44.6 Å². The van der Waals surface area contributed by atoms with Gasteiger partial charge in [-0.3, -0.25) is 14.5 Å². The molecule has 2 aliphatic rings. The van der Waals surface area contributed by atoms with Crippen LogP contribution in [0.2, 0.25) is 5.04 Å². The Morgan fingerprint density at radius 2 is 1.38 bits per heavy atom. The average molecular weight is 882 g/mol. The van der Waals surface area contributed by atoms with Crippen LogP contribution < -0.4 is 10.4 Å². The lowest BCUT2D eigenvalue weighted by Gasteiger charge is -2.44. The summed E-state index contributed by atoms with van der Waals surface area (Å²) in [6.45, 7) is 11.2. The molecular formula is C44H59N3O10S2Si. The Kier molecular flexibility index (Phi) is 14.3. The molecule has 3 unspecified atom stereocenters. The Morgan fingerprint density at radius 1 is 0.850 bits per heavy atom. The van der Waals surface area contributed by atoms with Gasteiger partial charge < -0.3 is 19.0 Å². The van der Waals surface area contributed by atoms with Crippen molar-refractivity contribution in [3.8, 4) is 0 Å². The third-order valence-electron chi connectivity index (χ3n) is 10.8. The molecule has 0 radical (unpaired) electrons. The Balaban J connectivity index is 1.59. The summed E-state index contributed by atoms with van der Waals surface area (Å²) in [5, 5.41) is 0.367. The first kappa shape index (κ1) is 46.7. The number of likely N-dealkylation sites (tertiary alicyclic amines) is 1. The Hall–Kier alpha value is -4.35. The normalized spacial score (nSPS) is 20.7. The summed E-state index contributed by atoms with van der Waals surface area (Å²) >= 11 is 0. The van der Waals surface area contributed by atoms with Gasteiger partial charge in [0.05, 0.1) is 35.8 Å². The second kappa shape index (κ2) is 18.3. The van der Waals surface area contributed by atoms with Crippen LogP contribution in [0.3, 0.4) is 0 Å². The number of ether oxygens (including phenoxy) is 1. The summed E-state index contributed by atoms with van der Waals surface area (Å²) < 4.78 is 71.6. The molecule has 0 saturated carbocycles. The minimum atomic E-state index is -4.29. The van der Waals surface area contributed by atoms with E-state index in [1.165, 1.54) is 20.8 Å². The second-order valence-electron chi connectivity index (χ2n) is 17.8. The molecule has 0 aromatic heterocycles. The molecule has 3 amide bonds. The van der Waals surface area contributed by atoms with E-state index in [0.717, 1.165) is 22.2 Å². The maximum atomic E-state index is 15.1. The first-order valence-corrected chi connectivity index (χ1v) is 25.5. The van der Waals surface area contributed by atoms with Crippen LogP contribution in [-0.4, -0.2) is 120 Å². The largest absolute Gasteiger partial charge is 0.444 e. The highest BCUT2D eigenvalue weighted by molar-refractivity contribution is 7.92. The molecule has 4 atom stereocenters. The first-order valence-electron chi connectivity index (χ1n) is 20.1. The molecule has 1 saturated heterocycles. The molecule has 5 rings (SSSR count). The fourth-order valence-electron chi connectivity index (χ4n) is 8.18. The van der Waals surface area contributed by atoms with Gasteiger partial charge in [-0.15, -0.1) is 0 Å². The van der Waals surface area contributed by atoms with E-state index in [2.05, 4.69) is 20.8 Å². The van der Waals surface area contributed by atoms with Crippen LogP contribution in [0, 0.1) is 5.92 Å². The first-order chi connectivity index (χ1) is 27.9. The zero-order valence-electron chi connectivity index (χ0n) is 36.0. The summed E-state index contributed by atoms with van der Waals surface area (Å²) in [6, 6.07) is 28.0. The fraction of sp³-hybridized carbons (Fsp3) is 0.477. The molecule has 0 bridgehead atoms. The Labute approximate surface area is 356 Å². The molecule has 326 valence electrons. The number of amides is 3. The van der Waals surface area contributed by atoms with Crippen molar-refractivity contribution in [1.82, 2.24) is 14.7 Å². The molecule has 16 heteroatoms. The predicted molar refractivity (Wildman–Crippen MR) is 234 cm³/mol. The van der Waals surface area contributed by atoms with E-state index in [-0.39, 0.29) is 43.9 Å². The average Bonchev–Trinajstić information content (AvgIpc) is 3.67. The molecule has 1 fully saturated rings. The van der Waals surface area contributed by atoms with Gasteiger partial charge in [-0.2, -0.15) is 8.42 Å². The van der Waals surface area contributed by atoms with Gasteiger partial charge in [0.1, 0.15) is 5.60 Å². The van der Waals surface area contributed by atoms with E-state index in [4.69, 9.17) is 13.3 Å². The molecule has 3 aromatic carbocycles. The zero-order chi connectivity index (χ0) is 44.3. The molecule has 13 nitrogen and oxygen atoms in total. The van der Waals surface area contributed by atoms with E-state index in [9.17, 15) is 26.4 Å². The van der Waals surface area contributed by atoms with Gasteiger partial charge >= 0.3 is 6.09 Å². The molecule has 2 heterocycles. The van der Waals surface area contributed by atoms with Crippen molar-refractivity contribution in [3.05, 3.63) is 108 Å². The fourth-order valence-corrected chi connectivity index (χ4v) is 15.1. The number of carbonyl (C=O) groups is 3. The molecule has 0 N–H and O–H groups in total. The van der Waals surface area contributed by atoms with Crippen LogP contribution in [-0.2, 0) is 49.4 Å². The van der Waals surface area contributed by atoms with Crippen molar-refractivity contribution in [3.63, 3.8) is 0 Å². The molecule has 2 aliphatic heterocycles. The summed E-state index contributed by atoms with van der Waals surface area (Å²) in [5.41, 5.74) is -0.128. The number of hydrogen-bond acceptors (Lipinski definition) is 10. The highest BCUT2D eigenvalue weighted by Gasteiger charge is 2.55. The SMILES string of the molecule is CN(C)C(=O)C1=CCS(=O)(=O)C1CCN(Cc1ccccc1)C(=O)C1C[C@H](CO[Si](c2ccccc2)(c2ccccc2)C(C)(C)C)N(C(=O)OC(C)(C)C)C1OS(C)(=O)=O. The molecule has 0 aliphatic carbocycles. The molecule has 3 aromatic rings. The predicted octanol–water partition coefficient (Wildman–Crippen LogP) is 4.72. The van der Waals surface area contributed by atoms with E-state index in [0.29, 0.717) is 0 Å². The van der Waals surface area contributed by atoms with E-state index < -0.39 is 80.3 Å². The smallest absolute Gasteiger partial charge is 0.412 e. The number of benzene rings is 3. The van der Waals surface area contributed by atoms with Crippen LogP contribution in [0.4, 0.5) is 4.79 Å². The molecule has 60 heavy (non-hydrogen) atoms. The van der Waals surface area contributed by atoms with E-state index in [1.807, 2.05) is 91.0 Å². The third kappa shape index (κ3) is 10.7. The van der Waals surface area contributed by atoms with Gasteiger partial charge in [0.2, 0.25) is 11.8 Å². The standard InChI is InChI=1S/C44H59N3O10S2Si/c1-43(2,3)56-42(50)47-33(31-55-60(44(4,5)6,34-21-15-11-16-22-34)35-23-17-12-18-24-35)29-37(41(47)57-58(9,51)52)40(49)46(30-32-19-13-10-14-20-32)27-25-38-36(39(48)45(7)8)26-28-59(38,53)54/h10-24,26,33,37-38,41H,25,27-31H2,1-9H3/t33-,37?,38?,41?/m1/s1. The van der Waals surface area contributed by atoms with Gasteiger partial charge in [-0.05, 0) is 54.6 Å². The van der Waals surface area contributed by atoms with Gasteiger partial charge in [-0.1, -0.05) is 118 Å². The summed E-state index contributed by atoms with van der Waals surface area (Å²) in [6.07, 6.45) is -0.384. The number of sulfone groups is 1. The van der Waals surface area contributed by atoms with Crippen molar-refractivity contribution in [2.24, 2.45) is 5.92 Å². The summed E-state index contributed by atoms with van der Waals surface area (Å²) in [7, 11) is -8.17. The lowest BCUT2D eigenvalue weighted by molar-refractivity contribution is -0.140. The van der Waals surface area contributed by atoms with Crippen LogP contribution in [0.25, 0.3) is 0 Å². The lowest BCUT2D eigenvalue weighted by atomic mass is 10.0. The van der Waals surface area contributed by atoms with Crippen molar-refractivity contribution >= 4 is 56.6 Å². The lowest BCUT2D eigenvalue weighted by Crippen LogP contribution is -2.67. The number of nitrogens with zero attached hydrogens (tertiary/aromatic N) is 3. The third-order valence-corrected chi connectivity index (χ3v) is 18.3. The van der Waals surface area contributed by atoms with Gasteiger partial charge in [0.25, 0.3) is 18.4 Å². The van der Waals surface area contributed by atoms with Crippen LogP contribution in [0.15, 0.2) is 103 Å². The molecular weight excluding hydrogens is 823 g/mol. The van der Waals surface area contributed by atoms with Crippen LogP contribution >= 0.6 is 0 Å². The topological polar surface area (TPSA) is 157 Å². The minimum absolute atomic E-state index is 0.0326. The highest BCUT2D eigenvalue weighted by Crippen LogP contribution is 2.40. The maximum Gasteiger partial charge on any atom is 0.412 e. The summed E-state index contributed by atoms with van der Waals surface area (Å²) in [5.74, 6) is -2.54. The quantitative estimate of drug-likeness (QED) is 0.164. The van der Waals surface area contributed by atoms with Crippen molar-refractivity contribution in [1.29, 1.82) is 0 Å². The van der Waals surface area contributed by atoms with E-state index >= 15 is 4.79 Å². The van der Waals surface area contributed by atoms with E-state index in [1.54, 1.807) is 34.9 Å². The second-order valence-corrected chi connectivity index (χ2v) is 25.9. The minimum Gasteiger partial charge on any atom is -0.444 e.